The molecule has 1 unspecified atom stereocenters. The van der Waals surface area contributed by atoms with Gasteiger partial charge in [0.15, 0.2) is 0 Å². The Labute approximate surface area is 179 Å². The fourth-order valence-corrected chi connectivity index (χ4v) is 4.38. The van der Waals surface area contributed by atoms with Gasteiger partial charge in [-0.05, 0) is 36.2 Å². The van der Waals surface area contributed by atoms with Gasteiger partial charge in [0.2, 0.25) is 0 Å². The van der Waals surface area contributed by atoms with Crippen molar-refractivity contribution in [1.29, 1.82) is 0 Å². The summed E-state index contributed by atoms with van der Waals surface area (Å²) in [4.78, 5) is 18.5. The molecule has 4 aromatic rings. The smallest absolute Gasteiger partial charge is 0.322 e. The number of nitrogens with one attached hydrogen (secondary N) is 2. The van der Waals surface area contributed by atoms with E-state index in [9.17, 15) is 9.18 Å². The van der Waals surface area contributed by atoms with Crippen molar-refractivity contribution in [2.45, 2.75) is 12.5 Å². The number of amides is 2. The molecule has 1 aliphatic heterocycles. The Kier molecular flexibility index (Phi) is 4.82. The summed E-state index contributed by atoms with van der Waals surface area (Å²) in [5.41, 5.74) is 4.08. The minimum Gasteiger partial charge on any atom is -0.497 e. The van der Waals surface area contributed by atoms with Crippen LogP contribution in [0.3, 0.4) is 0 Å². The van der Waals surface area contributed by atoms with Crippen LogP contribution in [0.15, 0.2) is 72.8 Å². The van der Waals surface area contributed by atoms with Crippen LogP contribution in [0.4, 0.5) is 14.9 Å². The molecule has 3 aromatic carbocycles. The molecule has 2 heterocycles. The summed E-state index contributed by atoms with van der Waals surface area (Å²) < 4.78 is 20.1. The van der Waals surface area contributed by atoms with Gasteiger partial charge in [-0.15, -0.1) is 0 Å². The van der Waals surface area contributed by atoms with Gasteiger partial charge >= 0.3 is 6.03 Å². The Morgan fingerprint density at radius 1 is 1.10 bits per heavy atom. The Morgan fingerprint density at radius 2 is 1.90 bits per heavy atom. The second kappa shape index (κ2) is 7.80. The second-order valence-electron chi connectivity index (χ2n) is 7.59. The van der Waals surface area contributed by atoms with Crippen LogP contribution in [0.25, 0.3) is 10.9 Å². The summed E-state index contributed by atoms with van der Waals surface area (Å²) >= 11 is 0. The largest absolute Gasteiger partial charge is 0.497 e. The van der Waals surface area contributed by atoms with Crippen molar-refractivity contribution < 1.29 is 13.9 Å². The third-order valence-corrected chi connectivity index (χ3v) is 5.82. The Hall–Kier alpha value is -3.80. The Bertz CT molecular complexity index is 1270. The van der Waals surface area contributed by atoms with Gasteiger partial charge in [0, 0.05) is 40.5 Å². The molecule has 1 aromatic heterocycles. The number of aromatic nitrogens is 1. The second-order valence-corrected chi connectivity index (χ2v) is 7.59. The molecule has 0 radical (unpaired) electrons. The van der Waals surface area contributed by atoms with E-state index in [-0.39, 0.29) is 11.8 Å². The topological polar surface area (TPSA) is 57.4 Å². The molecule has 0 spiro atoms. The molecule has 0 saturated carbocycles. The van der Waals surface area contributed by atoms with Gasteiger partial charge in [0.05, 0.1) is 7.11 Å². The number of methoxy groups -OCH3 is 1. The lowest BCUT2D eigenvalue weighted by atomic mass is 9.92. The van der Waals surface area contributed by atoms with Crippen molar-refractivity contribution in [3.63, 3.8) is 0 Å². The molecule has 2 N–H and O–H groups in total. The van der Waals surface area contributed by atoms with Crippen LogP contribution in [0.5, 0.6) is 5.75 Å². The number of anilines is 1. The lowest BCUT2D eigenvalue weighted by Gasteiger charge is -2.36. The van der Waals surface area contributed by atoms with E-state index in [2.05, 4.69) is 16.4 Å². The fraction of sp³-hybridized carbons (Fsp3) is 0.160. The third kappa shape index (κ3) is 3.40. The van der Waals surface area contributed by atoms with Gasteiger partial charge in [0.25, 0.3) is 0 Å². The molecule has 0 bridgehead atoms. The van der Waals surface area contributed by atoms with E-state index in [4.69, 9.17) is 4.74 Å². The summed E-state index contributed by atoms with van der Waals surface area (Å²) in [5.74, 6) is 0.318. The average Bonchev–Trinajstić information content (AvgIpc) is 3.18. The molecule has 6 heteroatoms. The number of hydrogen-bond acceptors (Lipinski definition) is 2. The van der Waals surface area contributed by atoms with Crippen molar-refractivity contribution in [1.82, 2.24) is 9.88 Å². The molecule has 31 heavy (non-hydrogen) atoms. The zero-order valence-electron chi connectivity index (χ0n) is 17.1. The lowest BCUT2D eigenvalue weighted by Crippen LogP contribution is -2.43. The van der Waals surface area contributed by atoms with Crippen molar-refractivity contribution >= 4 is 22.6 Å². The molecule has 5 nitrogen and oxygen atoms in total. The van der Waals surface area contributed by atoms with Crippen molar-refractivity contribution in [2.24, 2.45) is 0 Å². The number of para-hydroxylation sites is 1. The Balaban J connectivity index is 1.57. The normalized spacial score (nSPS) is 15.5. The van der Waals surface area contributed by atoms with Crippen molar-refractivity contribution in [3.05, 3.63) is 95.4 Å². The number of carbonyl (C=O) groups is 1. The number of ether oxygens (including phenoxy) is 1. The number of H-pyrrole nitrogens is 1. The number of benzene rings is 3. The summed E-state index contributed by atoms with van der Waals surface area (Å²) in [5, 5.41) is 4.06. The van der Waals surface area contributed by atoms with E-state index in [1.165, 1.54) is 6.07 Å². The maximum Gasteiger partial charge on any atom is 0.322 e. The van der Waals surface area contributed by atoms with Crippen LogP contribution >= 0.6 is 0 Å². The first-order valence-electron chi connectivity index (χ1n) is 10.2. The zero-order valence-corrected chi connectivity index (χ0v) is 17.1. The predicted molar refractivity (Wildman–Crippen MR) is 119 cm³/mol. The highest BCUT2D eigenvalue weighted by atomic mass is 19.1. The van der Waals surface area contributed by atoms with E-state index >= 15 is 0 Å². The zero-order chi connectivity index (χ0) is 21.4. The summed E-state index contributed by atoms with van der Waals surface area (Å²) in [6.07, 6.45) is 0.690. The number of halogens is 1. The number of carbonyl (C=O) groups excluding carboxylic acids is 1. The Morgan fingerprint density at radius 3 is 2.74 bits per heavy atom. The van der Waals surface area contributed by atoms with E-state index in [1.54, 1.807) is 42.3 Å². The van der Waals surface area contributed by atoms with E-state index < -0.39 is 6.04 Å². The van der Waals surface area contributed by atoms with Crippen LogP contribution in [0.2, 0.25) is 0 Å². The van der Waals surface area contributed by atoms with Gasteiger partial charge < -0.3 is 19.9 Å². The molecule has 1 atom stereocenters. The maximum atomic E-state index is 14.9. The quantitative estimate of drug-likeness (QED) is 0.465. The maximum absolute atomic E-state index is 14.9. The molecule has 156 valence electrons. The van der Waals surface area contributed by atoms with Crippen molar-refractivity contribution in [2.75, 3.05) is 19.0 Å². The molecule has 0 fully saturated rings. The first-order chi connectivity index (χ1) is 15.2. The number of rotatable bonds is 3. The van der Waals surface area contributed by atoms with Crippen LogP contribution in [-0.2, 0) is 6.42 Å². The number of nitrogens with zero attached hydrogens (tertiary/aromatic N) is 1. The number of urea groups is 1. The van der Waals surface area contributed by atoms with Gasteiger partial charge in [0.1, 0.15) is 17.6 Å². The van der Waals surface area contributed by atoms with Crippen LogP contribution < -0.4 is 10.1 Å². The van der Waals surface area contributed by atoms with E-state index in [1.807, 2.05) is 30.3 Å². The molecule has 1 aliphatic rings. The molecular weight excluding hydrogens is 393 g/mol. The highest BCUT2D eigenvalue weighted by Gasteiger charge is 2.36. The summed E-state index contributed by atoms with van der Waals surface area (Å²) in [6.45, 7) is 0.476. The number of aromatic amines is 1. The predicted octanol–water partition coefficient (Wildman–Crippen LogP) is 5.50. The van der Waals surface area contributed by atoms with E-state index in [0.717, 1.165) is 22.2 Å². The molecule has 0 aliphatic carbocycles. The van der Waals surface area contributed by atoms with Crippen LogP contribution in [-0.4, -0.2) is 29.6 Å². The average molecular weight is 415 g/mol. The minimum absolute atomic E-state index is 0.286. The summed E-state index contributed by atoms with van der Waals surface area (Å²) in [7, 11) is 1.58. The van der Waals surface area contributed by atoms with Gasteiger partial charge in [-0.3, -0.25) is 0 Å². The highest BCUT2D eigenvalue weighted by molar-refractivity contribution is 5.91. The molecule has 2 amide bonds. The molecule has 5 rings (SSSR count). The third-order valence-electron chi connectivity index (χ3n) is 5.82. The van der Waals surface area contributed by atoms with Crippen molar-refractivity contribution in [3.8, 4) is 5.75 Å². The first-order valence-corrected chi connectivity index (χ1v) is 10.2. The van der Waals surface area contributed by atoms with Crippen LogP contribution in [0, 0.1) is 5.82 Å². The number of hydrogen-bond donors (Lipinski definition) is 2. The van der Waals surface area contributed by atoms with Gasteiger partial charge in [-0.1, -0.05) is 42.5 Å². The molecular formula is C25H22FN3O2. The van der Waals surface area contributed by atoms with Crippen LogP contribution in [0.1, 0.15) is 22.9 Å². The first kappa shape index (κ1) is 19.2. The van der Waals surface area contributed by atoms with Gasteiger partial charge in [-0.25, -0.2) is 9.18 Å². The standard InChI is InChI=1S/C25H22FN3O2/c1-31-17-8-6-7-16(15-17)27-25(30)29-14-13-19-18-9-3-5-12-22(18)28-23(19)24(29)20-10-2-4-11-21(20)26/h2-12,15,24,28H,13-14H2,1H3,(H,27,30). The molecule has 0 saturated heterocycles. The number of fused-ring (bicyclic) bond motifs is 3. The fourth-order valence-electron chi connectivity index (χ4n) is 4.38. The monoisotopic (exact) mass is 415 g/mol. The minimum atomic E-state index is -0.553. The lowest BCUT2D eigenvalue weighted by molar-refractivity contribution is 0.192. The highest BCUT2D eigenvalue weighted by Crippen LogP contribution is 2.39. The van der Waals surface area contributed by atoms with Gasteiger partial charge in [-0.2, -0.15) is 0 Å². The van der Waals surface area contributed by atoms with E-state index in [0.29, 0.717) is 30.0 Å². The summed E-state index contributed by atoms with van der Waals surface area (Å²) in [6, 6.07) is 21.0. The SMILES string of the molecule is COc1cccc(NC(=O)N2CCc3c([nH]c4ccccc34)C2c2ccccc2F)c1.